The first-order valence-corrected chi connectivity index (χ1v) is 12.5. The summed E-state index contributed by atoms with van der Waals surface area (Å²) in [5.74, 6) is 0.857. The molecule has 4 rings (SSSR count). The summed E-state index contributed by atoms with van der Waals surface area (Å²) in [6.45, 7) is 12.8. The number of hydrogen-bond acceptors (Lipinski definition) is 4. The van der Waals surface area contributed by atoms with E-state index in [1.54, 1.807) is 0 Å². The van der Waals surface area contributed by atoms with E-state index in [1.807, 2.05) is 0 Å². The molecule has 0 bridgehead atoms. The van der Waals surface area contributed by atoms with Gasteiger partial charge in [-0.3, -0.25) is 4.90 Å². The number of guanidine groups is 1. The van der Waals surface area contributed by atoms with Crippen LogP contribution in [-0.2, 0) is 17.8 Å². The molecule has 0 spiro atoms. The predicted molar refractivity (Wildman–Crippen MR) is 137 cm³/mol. The summed E-state index contributed by atoms with van der Waals surface area (Å²) in [5.41, 5.74) is 5.20. The molecule has 0 amide bonds. The molecule has 2 saturated heterocycles. The van der Waals surface area contributed by atoms with Crippen molar-refractivity contribution in [3.63, 3.8) is 0 Å². The van der Waals surface area contributed by atoms with Gasteiger partial charge < -0.3 is 20.3 Å². The fraction of sp³-hybridized carbons (Fsp3) is 0.519. The van der Waals surface area contributed by atoms with Crippen LogP contribution in [0.1, 0.15) is 49.4 Å². The summed E-state index contributed by atoms with van der Waals surface area (Å²) >= 11 is 0. The molecular formula is C27H39N5O. The lowest BCUT2D eigenvalue weighted by molar-refractivity contribution is 0.0342. The molecule has 2 aromatic rings. The van der Waals surface area contributed by atoms with Crippen LogP contribution >= 0.6 is 0 Å². The maximum Gasteiger partial charge on any atom is 0.192 e. The quantitative estimate of drug-likeness (QED) is 0.472. The monoisotopic (exact) mass is 449 g/mol. The van der Waals surface area contributed by atoms with Crippen LogP contribution < -0.4 is 15.5 Å². The predicted octanol–water partition coefficient (Wildman–Crippen LogP) is 3.94. The number of morpholine rings is 1. The van der Waals surface area contributed by atoms with Gasteiger partial charge in [0.2, 0.25) is 0 Å². The number of hydrogen-bond donors (Lipinski definition) is 2. The molecule has 178 valence electrons. The van der Waals surface area contributed by atoms with Gasteiger partial charge in [-0.15, -0.1) is 0 Å². The highest BCUT2D eigenvalue weighted by molar-refractivity contribution is 5.80. The van der Waals surface area contributed by atoms with Crippen molar-refractivity contribution < 1.29 is 4.74 Å². The molecular weight excluding hydrogens is 410 g/mol. The fourth-order valence-corrected chi connectivity index (χ4v) is 4.59. The van der Waals surface area contributed by atoms with Gasteiger partial charge in [-0.1, -0.05) is 36.4 Å². The van der Waals surface area contributed by atoms with Crippen LogP contribution in [-0.4, -0.2) is 56.8 Å². The third kappa shape index (κ3) is 6.95. The standard InChI is InChI=1S/C27H39N5O/c1-3-28-27(30-22(2)25-10-7-11-26(19-25)32-12-4-5-13-32)29-20-23-8-6-9-24(18-23)21-31-14-16-33-17-15-31/h6-11,18-19,22H,3-5,12-17,20-21H2,1-2H3,(H2,28,29,30). The molecule has 0 aliphatic carbocycles. The molecule has 2 aromatic carbocycles. The Balaban J connectivity index is 1.38. The zero-order valence-electron chi connectivity index (χ0n) is 20.2. The second-order valence-electron chi connectivity index (χ2n) is 9.06. The van der Waals surface area contributed by atoms with E-state index < -0.39 is 0 Å². The van der Waals surface area contributed by atoms with Crippen LogP contribution in [0.3, 0.4) is 0 Å². The molecule has 1 atom stereocenters. The van der Waals surface area contributed by atoms with Crippen LogP contribution in [0.15, 0.2) is 53.5 Å². The Hall–Kier alpha value is -2.57. The maximum absolute atomic E-state index is 5.47. The Kier molecular flexibility index (Phi) is 8.61. The summed E-state index contributed by atoms with van der Waals surface area (Å²) < 4.78 is 5.47. The Morgan fingerprint density at radius 3 is 2.55 bits per heavy atom. The number of aliphatic imine (C=N–C) groups is 1. The number of nitrogens with zero attached hydrogens (tertiary/aromatic N) is 3. The Bertz CT molecular complexity index is 903. The Labute approximate surface area is 199 Å². The number of anilines is 1. The SMILES string of the molecule is CCNC(=NCc1cccc(CN2CCOCC2)c1)NC(C)c1cccc(N2CCCC2)c1. The third-order valence-corrected chi connectivity index (χ3v) is 6.46. The van der Waals surface area contributed by atoms with Gasteiger partial charge in [-0.2, -0.15) is 0 Å². The molecule has 0 saturated carbocycles. The van der Waals surface area contributed by atoms with Crippen LogP contribution in [0.5, 0.6) is 0 Å². The van der Waals surface area contributed by atoms with Crippen molar-refractivity contribution >= 4 is 11.6 Å². The fourth-order valence-electron chi connectivity index (χ4n) is 4.59. The van der Waals surface area contributed by atoms with Crippen molar-refractivity contribution in [2.45, 2.75) is 45.8 Å². The van der Waals surface area contributed by atoms with Crippen molar-refractivity contribution in [1.29, 1.82) is 0 Å². The summed E-state index contributed by atoms with van der Waals surface area (Å²) in [7, 11) is 0. The van der Waals surface area contributed by atoms with E-state index in [2.05, 4.69) is 82.8 Å². The van der Waals surface area contributed by atoms with Gasteiger partial charge in [0, 0.05) is 45.0 Å². The lowest BCUT2D eigenvalue weighted by Gasteiger charge is -2.26. The highest BCUT2D eigenvalue weighted by atomic mass is 16.5. The van der Waals surface area contributed by atoms with Crippen LogP contribution in [0.25, 0.3) is 0 Å². The largest absolute Gasteiger partial charge is 0.379 e. The van der Waals surface area contributed by atoms with E-state index in [-0.39, 0.29) is 6.04 Å². The number of ether oxygens (including phenoxy) is 1. The van der Waals surface area contributed by atoms with Gasteiger partial charge in [0.15, 0.2) is 5.96 Å². The summed E-state index contributed by atoms with van der Waals surface area (Å²) in [6, 6.07) is 17.9. The van der Waals surface area contributed by atoms with E-state index >= 15 is 0 Å². The molecule has 2 N–H and O–H groups in total. The molecule has 2 aliphatic rings. The van der Waals surface area contributed by atoms with E-state index in [0.717, 1.165) is 45.4 Å². The molecule has 1 unspecified atom stereocenters. The molecule has 6 heteroatoms. The maximum atomic E-state index is 5.47. The van der Waals surface area contributed by atoms with E-state index in [1.165, 1.54) is 48.3 Å². The van der Waals surface area contributed by atoms with E-state index in [4.69, 9.17) is 9.73 Å². The molecule has 0 aromatic heterocycles. The zero-order valence-corrected chi connectivity index (χ0v) is 20.2. The van der Waals surface area contributed by atoms with E-state index in [9.17, 15) is 0 Å². The average Bonchev–Trinajstić information content (AvgIpc) is 3.39. The van der Waals surface area contributed by atoms with Crippen molar-refractivity contribution in [1.82, 2.24) is 15.5 Å². The van der Waals surface area contributed by atoms with Gasteiger partial charge in [0.25, 0.3) is 0 Å². The third-order valence-electron chi connectivity index (χ3n) is 6.46. The molecule has 2 aliphatic heterocycles. The van der Waals surface area contributed by atoms with E-state index in [0.29, 0.717) is 6.54 Å². The highest BCUT2D eigenvalue weighted by Crippen LogP contribution is 2.24. The minimum Gasteiger partial charge on any atom is -0.379 e. The summed E-state index contributed by atoms with van der Waals surface area (Å²) in [4.78, 5) is 9.83. The van der Waals surface area contributed by atoms with Crippen molar-refractivity contribution in [2.75, 3.05) is 50.8 Å². The normalized spacial score (nSPS) is 18.4. The molecule has 33 heavy (non-hydrogen) atoms. The highest BCUT2D eigenvalue weighted by Gasteiger charge is 2.15. The minimum atomic E-state index is 0.179. The molecule has 6 nitrogen and oxygen atoms in total. The van der Waals surface area contributed by atoms with Crippen molar-refractivity contribution in [3.05, 3.63) is 65.2 Å². The second kappa shape index (κ2) is 12.1. The minimum absolute atomic E-state index is 0.179. The Morgan fingerprint density at radius 2 is 1.76 bits per heavy atom. The molecule has 2 heterocycles. The number of rotatable bonds is 8. The topological polar surface area (TPSA) is 52.1 Å². The van der Waals surface area contributed by atoms with Crippen molar-refractivity contribution in [2.24, 2.45) is 4.99 Å². The van der Waals surface area contributed by atoms with Gasteiger partial charge in [-0.05, 0) is 55.5 Å². The van der Waals surface area contributed by atoms with Crippen molar-refractivity contribution in [3.8, 4) is 0 Å². The average molecular weight is 450 g/mol. The van der Waals surface area contributed by atoms with Crippen LogP contribution in [0, 0.1) is 0 Å². The Morgan fingerprint density at radius 1 is 1.00 bits per heavy atom. The second-order valence-corrected chi connectivity index (χ2v) is 9.06. The summed E-state index contributed by atoms with van der Waals surface area (Å²) in [6.07, 6.45) is 2.59. The first kappa shape index (κ1) is 23.6. The first-order chi connectivity index (χ1) is 16.2. The lowest BCUT2D eigenvalue weighted by atomic mass is 10.1. The van der Waals surface area contributed by atoms with Gasteiger partial charge in [0.1, 0.15) is 0 Å². The van der Waals surface area contributed by atoms with Gasteiger partial charge in [0.05, 0.1) is 25.8 Å². The lowest BCUT2D eigenvalue weighted by Crippen LogP contribution is -2.38. The number of benzene rings is 2. The molecule has 0 radical (unpaired) electrons. The van der Waals surface area contributed by atoms with Crippen LogP contribution in [0.4, 0.5) is 5.69 Å². The van der Waals surface area contributed by atoms with Gasteiger partial charge in [-0.25, -0.2) is 4.99 Å². The zero-order chi connectivity index (χ0) is 22.9. The van der Waals surface area contributed by atoms with Gasteiger partial charge >= 0.3 is 0 Å². The van der Waals surface area contributed by atoms with Crippen LogP contribution in [0.2, 0.25) is 0 Å². The molecule has 2 fully saturated rings. The first-order valence-electron chi connectivity index (χ1n) is 12.5. The number of nitrogens with one attached hydrogen (secondary N) is 2. The smallest absolute Gasteiger partial charge is 0.192 e. The summed E-state index contributed by atoms with van der Waals surface area (Å²) in [5, 5.41) is 7.01.